The Kier molecular flexibility index (Phi) is 7.61. The van der Waals surface area contributed by atoms with Gasteiger partial charge in [-0.1, -0.05) is 36.4 Å². The molecule has 0 heterocycles. The van der Waals surface area contributed by atoms with E-state index in [2.05, 4.69) is 10.6 Å². The molecular formula is C28H22F4N4O2. The molecule has 0 aromatic heterocycles. The van der Waals surface area contributed by atoms with Crippen molar-refractivity contribution >= 4 is 45.9 Å². The van der Waals surface area contributed by atoms with E-state index in [-0.39, 0.29) is 11.4 Å². The summed E-state index contributed by atoms with van der Waals surface area (Å²) in [5, 5.41) is 9.60. The number of anilines is 6. The van der Waals surface area contributed by atoms with E-state index in [1.807, 2.05) is 36.4 Å². The van der Waals surface area contributed by atoms with Crippen molar-refractivity contribution in [3.05, 3.63) is 109 Å². The van der Waals surface area contributed by atoms with Crippen LogP contribution in [-0.4, -0.2) is 23.7 Å². The zero-order valence-electron chi connectivity index (χ0n) is 19.7. The van der Waals surface area contributed by atoms with Crippen molar-refractivity contribution in [3.8, 4) is 0 Å². The molecule has 0 spiro atoms. The zero-order chi connectivity index (χ0) is 27.2. The van der Waals surface area contributed by atoms with Gasteiger partial charge in [0, 0.05) is 34.1 Å². The van der Waals surface area contributed by atoms with Crippen molar-refractivity contribution < 1.29 is 27.2 Å². The summed E-state index contributed by atoms with van der Waals surface area (Å²) in [5.74, 6) is -15.3. The molecule has 4 N–H and O–H groups in total. The van der Waals surface area contributed by atoms with Gasteiger partial charge in [0.1, 0.15) is 0 Å². The molecule has 10 heteroatoms. The standard InChI is InChI=1S/C28H22F4N4O2/c29-27(30,25(37)35-23-15-11-21(12-16-23)33-19-7-3-1-4-8-19)28(31,32)26(38)36-24-17-13-22(14-18-24)34-20-9-5-2-6-10-20/h1-18,33-34H,(H,35,37)(H,36,38). The molecule has 0 saturated heterocycles. The van der Waals surface area contributed by atoms with Gasteiger partial charge in [-0.3, -0.25) is 9.59 Å². The number of halogens is 4. The largest absolute Gasteiger partial charge is 0.396 e. The van der Waals surface area contributed by atoms with Crippen LogP contribution in [0.2, 0.25) is 0 Å². The molecule has 0 bridgehead atoms. The Morgan fingerprint density at radius 1 is 0.421 bits per heavy atom. The molecule has 0 aliphatic carbocycles. The first kappa shape index (κ1) is 26.2. The molecule has 0 atom stereocenters. The van der Waals surface area contributed by atoms with Gasteiger partial charge in [-0.15, -0.1) is 0 Å². The van der Waals surface area contributed by atoms with Crippen molar-refractivity contribution in [2.75, 3.05) is 21.3 Å². The highest BCUT2D eigenvalue weighted by Crippen LogP contribution is 2.36. The quantitative estimate of drug-likeness (QED) is 0.178. The monoisotopic (exact) mass is 522 g/mol. The van der Waals surface area contributed by atoms with Crippen LogP contribution in [0.3, 0.4) is 0 Å². The summed E-state index contributed by atoms with van der Waals surface area (Å²) in [4.78, 5) is 24.2. The Morgan fingerprint density at radius 2 is 0.684 bits per heavy atom. The summed E-state index contributed by atoms with van der Waals surface area (Å²) in [6, 6.07) is 29.1. The SMILES string of the molecule is O=C(Nc1ccc(Nc2ccccc2)cc1)C(F)(F)C(F)(F)C(=O)Nc1ccc(Nc2ccccc2)cc1. The lowest BCUT2D eigenvalue weighted by molar-refractivity contribution is -0.204. The van der Waals surface area contributed by atoms with E-state index in [1.165, 1.54) is 48.5 Å². The van der Waals surface area contributed by atoms with Gasteiger partial charge < -0.3 is 21.3 Å². The average Bonchev–Trinajstić information content (AvgIpc) is 2.92. The molecule has 4 rings (SSSR count). The number of carbonyl (C=O) groups is 2. The normalized spacial score (nSPS) is 11.4. The lowest BCUT2D eigenvalue weighted by Crippen LogP contribution is -2.56. The number of benzene rings is 4. The minimum Gasteiger partial charge on any atom is -0.356 e. The third kappa shape index (κ3) is 6.09. The van der Waals surface area contributed by atoms with E-state index in [9.17, 15) is 27.2 Å². The maximum absolute atomic E-state index is 14.5. The lowest BCUT2D eigenvalue weighted by atomic mass is 10.1. The average molecular weight is 523 g/mol. The minimum absolute atomic E-state index is 0.147. The lowest BCUT2D eigenvalue weighted by Gasteiger charge is -2.24. The Bertz CT molecular complexity index is 1270. The number of para-hydroxylation sites is 2. The molecule has 0 radical (unpaired) electrons. The zero-order valence-corrected chi connectivity index (χ0v) is 19.7. The van der Waals surface area contributed by atoms with Crippen LogP contribution in [0.5, 0.6) is 0 Å². The van der Waals surface area contributed by atoms with E-state index >= 15 is 0 Å². The van der Waals surface area contributed by atoms with Gasteiger partial charge in [0.25, 0.3) is 0 Å². The molecule has 6 nitrogen and oxygen atoms in total. The van der Waals surface area contributed by atoms with E-state index in [1.54, 1.807) is 34.9 Å². The maximum Gasteiger partial charge on any atom is 0.396 e. The molecule has 194 valence electrons. The number of hydrogen-bond acceptors (Lipinski definition) is 4. The van der Waals surface area contributed by atoms with Crippen molar-refractivity contribution in [2.24, 2.45) is 0 Å². The Hall–Kier alpha value is -4.86. The first-order chi connectivity index (χ1) is 18.1. The predicted octanol–water partition coefficient (Wildman–Crippen LogP) is 7.02. The maximum atomic E-state index is 14.5. The highest BCUT2D eigenvalue weighted by atomic mass is 19.3. The molecule has 0 fully saturated rings. The highest BCUT2D eigenvalue weighted by Gasteiger charge is 2.67. The third-order valence-corrected chi connectivity index (χ3v) is 5.38. The topological polar surface area (TPSA) is 82.3 Å². The number of hydrogen-bond donors (Lipinski definition) is 4. The summed E-state index contributed by atoms with van der Waals surface area (Å²) < 4.78 is 57.8. The van der Waals surface area contributed by atoms with Crippen molar-refractivity contribution in [1.29, 1.82) is 0 Å². The Morgan fingerprint density at radius 3 is 1.00 bits per heavy atom. The number of amides is 2. The molecule has 4 aromatic carbocycles. The van der Waals surface area contributed by atoms with Gasteiger partial charge in [0.05, 0.1) is 0 Å². The Balaban J connectivity index is 1.37. The first-order valence-electron chi connectivity index (χ1n) is 11.4. The molecule has 0 aliphatic rings. The van der Waals surface area contributed by atoms with E-state index in [0.29, 0.717) is 11.4 Å². The second-order valence-corrected chi connectivity index (χ2v) is 8.19. The summed E-state index contributed by atoms with van der Waals surface area (Å²) in [5.41, 5.74) is 2.40. The van der Waals surface area contributed by atoms with Gasteiger partial charge in [-0.25, -0.2) is 0 Å². The summed E-state index contributed by atoms with van der Waals surface area (Å²) >= 11 is 0. The van der Waals surface area contributed by atoms with Crippen LogP contribution in [0, 0.1) is 0 Å². The fourth-order valence-electron chi connectivity index (χ4n) is 3.35. The number of nitrogens with one attached hydrogen (secondary N) is 4. The van der Waals surface area contributed by atoms with Gasteiger partial charge in [-0.05, 0) is 72.8 Å². The van der Waals surface area contributed by atoms with Gasteiger partial charge in [0.15, 0.2) is 0 Å². The predicted molar refractivity (Wildman–Crippen MR) is 139 cm³/mol. The van der Waals surface area contributed by atoms with Crippen molar-refractivity contribution in [1.82, 2.24) is 0 Å². The smallest absolute Gasteiger partial charge is 0.356 e. The van der Waals surface area contributed by atoms with E-state index < -0.39 is 23.7 Å². The van der Waals surface area contributed by atoms with Crippen LogP contribution in [0.15, 0.2) is 109 Å². The third-order valence-electron chi connectivity index (χ3n) is 5.38. The van der Waals surface area contributed by atoms with Crippen LogP contribution >= 0.6 is 0 Å². The number of rotatable bonds is 9. The molecule has 38 heavy (non-hydrogen) atoms. The molecule has 4 aromatic rings. The second-order valence-electron chi connectivity index (χ2n) is 8.19. The molecule has 0 unspecified atom stereocenters. The fourth-order valence-corrected chi connectivity index (χ4v) is 3.35. The van der Waals surface area contributed by atoms with Crippen molar-refractivity contribution in [2.45, 2.75) is 11.8 Å². The first-order valence-corrected chi connectivity index (χ1v) is 11.4. The van der Waals surface area contributed by atoms with E-state index in [4.69, 9.17) is 0 Å². The Labute approximate surface area is 215 Å². The van der Waals surface area contributed by atoms with Gasteiger partial charge in [-0.2, -0.15) is 17.6 Å². The molecular weight excluding hydrogens is 500 g/mol. The summed E-state index contributed by atoms with van der Waals surface area (Å²) in [7, 11) is 0. The molecule has 2 amide bonds. The van der Waals surface area contributed by atoms with Crippen LogP contribution in [0.4, 0.5) is 51.7 Å². The van der Waals surface area contributed by atoms with Crippen LogP contribution in [-0.2, 0) is 9.59 Å². The summed E-state index contributed by atoms with van der Waals surface area (Å²) in [6.45, 7) is 0. The molecule has 0 saturated carbocycles. The van der Waals surface area contributed by atoms with Crippen LogP contribution in [0.1, 0.15) is 0 Å². The molecule has 0 aliphatic heterocycles. The number of carbonyl (C=O) groups excluding carboxylic acids is 2. The van der Waals surface area contributed by atoms with Gasteiger partial charge >= 0.3 is 23.7 Å². The van der Waals surface area contributed by atoms with Gasteiger partial charge in [0.2, 0.25) is 0 Å². The highest BCUT2D eigenvalue weighted by molar-refractivity contribution is 6.05. The van der Waals surface area contributed by atoms with E-state index in [0.717, 1.165) is 11.4 Å². The number of alkyl halides is 4. The van der Waals surface area contributed by atoms with Crippen molar-refractivity contribution in [3.63, 3.8) is 0 Å². The minimum atomic E-state index is -5.33. The van der Waals surface area contributed by atoms with Crippen LogP contribution in [0.25, 0.3) is 0 Å². The second kappa shape index (κ2) is 11.0. The van der Waals surface area contributed by atoms with Crippen LogP contribution < -0.4 is 21.3 Å². The fraction of sp³-hybridized carbons (Fsp3) is 0.0714. The summed E-state index contributed by atoms with van der Waals surface area (Å²) in [6.07, 6.45) is 0.